The third-order valence-corrected chi connectivity index (χ3v) is 2.58. The molecule has 0 bridgehead atoms. The van der Waals surface area contributed by atoms with Crippen molar-refractivity contribution in [3.8, 4) is 5.75 Å². The van der Waals surface area contributed by atoms with E-state index in [1.165, 1.54) is 0 Å². The number of rotatable bonds is 2. The van der Waals surface area contributed by atoms with E-state index in [1.807, 2.05) is 31.2 Å². The van der Waals surface area contributed by atoms with E-state index in [9.17, 15) is 0 Å². The van der Waals surface area contributed by atoms with Crippen molar-refractivity contribution in [3.63, 3.8) is 0 Å². The van der Waals surface area contributed by atoms with Crippen LogP contribution in [0.3, 0.4) is 0 Å². The van der Waals surface area contributed by atoms with E-state index in [4.69, 9.17) is 9.47 Å². The number of hydrogen-bond acceptors (Lipinski definition) is 3. The molecule has 1 aromatic rings. The lowest BCUT2D eigenvalue weighted by atomic mass is 10.0. The maximum atomic E-state index is 5.68. The molecule has 2 rings (SSSR count). The molecule has 3 nitrogen and oxygen atoms in total. The standard InChI is InChI=1S/C11H15NO2/c1-11(12-7-8-14-11)9-5-3-4-6-10(9)13-2/h3-6,12H,7-8H2,1-2H3. The summed E-state index contributed by atoms with van der Waals surface area (Å²) in [5.41, 5.74) is 0.659. The molecule has 1 aliphatic heterocycles. The molecular formula is C11H15NO2. The van der Waals surface area contributed by atoms with Gasteiger partial charge in [-0.15, -0.1) is 0 Å². The van der Waals surface area contributed by atoms with E-state index in [1.54, 1.807) is 7.11 Å². The minimum absolute atomic E-state index is 0.396. The Morgan fingerprint density at radius 1 is 1.43 bits per heavy atom. The quantitative estimate of drug-likeness (QED) is 0.772. The highest BCUT2D eigenvalue weighted by molar-refractivity contribution is 5.37. The molecule has 1 atom stereocenters. The Balaban J connectivity index is 2.39. The molecule has 76 valence electrons. The van der Waals surface area contributed by atoms with Crippen molar-refractivity contribution < 1.29 is 9.47 Å². The van der Waals surface area contributed by atoms with Gasteiger partial charge >= 0.3 is 0 Å². The second kappa shape index (κ2) is 3.59. The number of hydrogen-bond donors (Lipinski definition) is 1. The monoisotopic (exact) mass is 193 g/mol. The second-order valence-corrected chi connectivity index (χ2v) is 3.51. The summed E-state index contributed by atoms with van der Waals surface area (Å²) in [6.07, 6.45) is 0. The number of methoxy groups -OCH3 is 1. The molecule has 0 aromatic heterocycles. The molecule has 0 spiro atoms. The smallest absolute Gasteiger partial charge is 0.146 e. The second-order valence-electron chi connectivity index (χ2n) is 3.51. The number of ether oxygens (including phenoxy) is 2. The van der Waals surface area contributed by atoms with Gasteiger partial charge in [0.2, 0.25) is 0 Å². The van der Waals surface area contributed by atoms with Gasteiger partial charge in [-0.2, -0.15) is 0 Å². The summed E-state index contributed by atoms with van der Waals surface area (Å²) in [7, 11) is 1.68. The highest BCUT2D eigenvalue weighted by Gasteiger charge is 2.33. The van der Waals surface area contributed by atoms with E-state index >= 15 is 0 Å². The van der Waals surface area contributed by atoms with E-state index in [-0.39, 0.29) is 0 Å². The number of nitrogens with one attached hydrogen (secondary N) is 1. The van der Waals surface area contributed by atoms with Crippen molar-refractivity contribution in [2.24, 2.45) is 0 Å². The van der Waals surface area contributed by atoms with Crippen LogP contribution in [0.25, 0.3) is 0 Å². The Morgan fingerprint density at radius 3 is 2.86 bits per heavy atom. The SMILES string of the molecule is COc1ccccc1C1(C)NCCO1. The number of benzene rings is 1. The summed E-state index contributed by atoms with van der Waals surface area (Å²) in [5, 5.41) is 3.32. The zero-order chi connectivity index (χ0) is 10.0. The maximum absolute atomic E-state index is 5.68. The zero-order valence-electron chi connectivity index (χ0n) is 8.54. The van der Waals surface area contributed by atoms with Gasteiger partial charge in [0.05, 0.1) is 13.7 Å². The van der Waals surface area contributed by atoms with E-state index in [2.05, 4.69) is 5.32 Å². The Morgan fingerprint density at radius 2 is 2.21 bits per heavy atom. The van der Waals surface area contributed by atoms with Gasteiger partial charge in [0, 0.05) is 12.1 Å². The van der Waals surface area contributed by atoms with Crippen molar-refractivity contribution in [3.05, 3.63) is 29.8 Å². The van der Waals surface area contributed by atoms with Crippen LogP contribution in [-0.2, 0) is 10.5 Å². The highest BCUT2D eigenvalue weighted by Crippen LogP contribution is 2.32. The van der Waals surface area contributed by atoms with Gasteiger partial charge in [-0.25, -0.2) is 0 Å². The molecule has 1 saturated heterocycles. The van der Waals surface area contributed by atoms with Crippen LogP contribution >= 0.6 is 0 Å². The molecule has 1 N–H and O–H groups in total. The van der Waals surface area contributed by atoms with Crippen molar-refractivity contribution in [1.82, 2.24) is 5.32 Å². The van der Waals surface area contributed by atoms with Crippen molar-refractivity contribution >= 4 is 0 Å². The maximum Gasteiger partial charge on any atom is 0.146 e. The van der Waals surface area contributed by atoms with Gasteiger partial charge in [0.1, 0.15) is 11.5 Å². The first-order chi connectivity index (χ1) is 6.76. The first-order valence-corrected chi connectivity index (χ1v) is 4.79. The minimum atomic E-state index is -0.396. The van der Waals surface area contributed by atoms with E-state index in [0.717, 1.165) is 24.5 Å². The third-order valence-electron chi connectivity index (χ3n) is 2.58. The molecule has 0 radical (unpaired) electrons. The van der Waals surface area contributed by atoms with Gasteiger partial charge in [-0.05, 0) is 13.0 Å². The first kappa shape index (κ1) is 9.49. The summed E-state index contributed by atoms with van der Waals surface area (Å²) in [4.78, 5) is 0. The highest BCUT2D eigenvalue weighted by atomic mass is 16.5. The van der Waals surface area contributed by atoms with Crippen LogP contribution in [0.2, 0.25) is 0 Å². The van der Waals surface area contributed by atoms with E-state index < -0.39 is 5.72 Å². The lowest BCUT2D eigenvalue weighted by Crippen LogP contribution is -2.34. The Labute approximate surface area is 84.0 Å². The van der Waals surface area contributed by atoms with Crippen LogP contribution in [0, 0.1) is 0 Å². The van der Waals surface area contributed by atoms with Crippen molar-refractivity contribution in [1.29, 1.82) is 0 Å². The Hall–Kier alpha value is -1.06. The lowest BCUT2D eigenvalue weighted by molar-refractivity contribution is 0.000676. The summed E-state index contributed by atoms with van der Waals surface area (Å²) >= 11 is 0. The summed E-state index contributed by atoms with van der Waals surface area (Å²) in [6.45, 7) is 3.65. The molecule has 3 heteroatoms. The lowest BCUT2D eigenvalue weighted by Gasteiger charge is -2.25. The number of para-hydroxylation sites is 1. The van der Waals surface area contributed by atoms with Crippen molar-refractivity contribution in [2.45, 2.75) is 12.6 Å². The molecule has 1 aromatic carbocycles. The van der Waals surface area contributed by atoms with Crippen LogP contribution < -0.4 is 10.1 Å². The minimum Gasteiger partial charge on any atom is -0.496 e. The van der Waals surface area contributed by atoms with Gasteiger partial charge in [0.15, 0.2) is 0 Å². The topological polar surface area (TPSA) is 30.5 Å². The van der Waals surface area contributed by atoms with Crippen LogP contribution in [0.5, 0.6) is 5.75 Å². The van der Waals surface area contributed by atoms with E-state index in [0.29, 0.717) is 0 Å². The molecule has 1 heterocycles. The molecule has 0 saturated carbocycles. The molecule has 0 aliphatic carbocycles. The van der Waals surface area contributed by atoms with Crippen LogP contribution in [0.15, 0.2) is 24.3 Å². The Bertz CT molecular complexity index is 319. The van der Waals surface area contributed by atoms with Crippen LogP contribution in [0.1, 0.15) is 12.5 Å². The average molecular weight is 193 g/mol. The summed E-state index contributed by atoms with van der Waals surface area (Å²) in [6, 6.07) is 7.92. The largest absolute Gasteiger partial charge is 0.496 e. The average Bonchev–Trinajstić information content (AvgIpc) is 2.66. The van der Waals surface area contributed by atoms with Crippen LogP contribution in [-0.4, -0.2) is 20.3 Å². The molecule has 1 fully saturated rings. The third kappa shape index (κ3) is 1.49. The predicted molar refractivity (Wildman–Crippen MR) is 54.3 cm³/mol. The van der Waals surface area contributed by atoms with Gasteiger partial charge in [0.25, 0.3) is 0 Å². The fraction of sp³-hybridized carbons (Fsp3) is 0.455. The predicted octanol–water partition coefficient (Wildman–Crippen LogP) is 1.49. The summed E-state index contributed by atoms with van der Waals surface area (Å²) in [5.74, 6) is 0.865. The van der Waals surface area contributed by atoms with Gasteiger partial charge < -0.3 is 9.47 Å². The van der Waals surface area contributed by atoms with Crippen molar-refractivity contribution in [2.75, 3.05) is 20.3 Å². The van der Waals surface area contributed by atoms with Crippen LogP contribution in [0.4, 0.5) is 0 Å². The molecule has 14 heavy (non-hydrogen) atoms. The fourth-order valence-corrected chi connectivity index (χ4v) is 1.81. The normalized spacial score (nSPS) is 26.4. The zero-order valence-corrected chi connectivity index (χ0v) is 8.54. The Kier molecular flexibility index (Phi) is 2.44. The van der Waals surface area contributed by atoms with Gasteiger partial charge in [-0.1, -0.05) is 18.2 Å². The summed E-state index contributed by atoms with van der Waals surface area (Å²) < 4.78 is 11.0. The molecular weight excluding hydrogens is 178 g/mol. The molecule has 1 unspecified atom stereocenters. The van der Waals surface area contributed by atoms with Gasteiger partial charge in [-0.3, -0.25) is 5.32 Å². The first-order valence-electron chi connectivity index (χ1n) is 4.79. The molecule has 1 aliphatic rings. The molecule has 0 amide bonds. The fourth-order valence-electron chi connectivity index (χ4n) is 1.81.